The predicted molar refractivity (Wildman–Crippen MR) is 84.8 cm³/mol. The van der Waals surface area contributed by atoms with E-state index < -0.39 is 0 Å². The van der Waals surface area contributed by atoms with Crippen LogP contribution >= 0.6 is 0 Å². The van der Waals surface area contributed by atoms with Crippen molar-refractivity contribution in [3.8, 4) is 0 Å². The molecular weight excluding hydrogens is 246 g/mol. The number of anilines is 1. The van der Waals surface area contributed by atoms with E-state index in [0.717, 1.165) is 18.2 Å². The van der Waals surface area contributed by atoms with E-state index in [4.69, 9.17) is 5.73 Å². The first kappa shape index (κ1) is 13.9. The zero-order chi connectivity index (χ0) is 13.8. The standard InChI is InChI=1S/C17H27N3/c18-16-7-3-5-15(13-16)6-4-9-19-12-8-17(14-19)20-10-1-2-11-20/h3,5,7,13,17H,1-2,4,6,8-12,14,18H2. The van der Waals surface area contributed by atoms with Crippen molar-refractivity contribution in [1.29, 1.82) is 0 Å². The number of nitrogen functional groups attached to an aromatic ring is 1. The number of aryl methyl sites for hydroxylation is 1. The highest BCUT2D eigenvalue weighted by molar-refractivity contribution is 5.40. The Labute approximate surface area is 122 Å². The van der Waals surface area contributed by atoms with Crippen LogP contribution in [0.3, 0.4) is 0 Å². The van der Waals surface area contributed by atoms with Gasteiger partial charge in [-0.15, -0.1) is 0 Å². The molecule has 2 heterocycles. The lowest BCUT2D eigenvalue weighted by Crippen LogP contribution is -2.35. The van der Waals surface area contributed by atoms with Gasteiger partial charge in [-0.1, -0.05) is 12.1 Å². The molecule has 1 atom stereocenters. The number of rotatable bonds is 5. The molecule has 3 nitrogen and oxygen atoms in total. The summed E-state index contributed by atoms with van der Waals surface area (Å²) in [6.07, 6.45) is 6.59. The largest absolute Gasteiger partial charge is 0.399 e. The van der Waals surface area contributed by atoms with E-state index in [9.17, 15) is 0 Å². The van der Waals surface area contributed by atoms with Crippen molar-refractivity contribution in [2.24, 2.45) is 0 Å². The Morgan fingerprint density at radius 2 is 2.00 bits per heavy atom. The topological polar surface area (TPSA) is 32.5 Å². The maximum absolute atomic E-state index is 5.82. The van der Waals surface area contributed by atoms with Crippen molar-refractivity contribution >= 4 is 5.69 Å². The molecule has 0 amide bonds. The van der Waals surface area contributed by atoms with Crippen molar-refractivity contribution in [1.82, 2.24) is 9.80 Å². The van der Waals surface area contributed by atoms with Gasteiger partial charge in [0.15, 0.2) is 0 Å². The average Bonchev–Trinajstić information content (AvgIpc) is 3.09. The fourth-order valence-corrected chi connectivity index (χ4v) is 3.68. The molecule has 2 N–H and O–H groups in total. The SMILES string of the molecule is Nc1cccc(CCCN2CCC(N3CCCC3)C2)c1. The van der Waals surface area contributed by atoms with Crippen molar-refractivity contribution in [2.45, 2.75) is 38.1 Å². The monoisotopic (exact) mass is 273 g/mol. The van der Waals surface area contributed by atoms with Crippen LogP contribution in [0.5, 0.6) is 0 Å². The van der Waals surface area contributed by atoms with Crippen LogP contribution in [-0.2, 0) is 6.42 Å². The predicted octanol–water partition coefficient (Wildman–Crippen LogP) is 2.37. The number of nitrogens with two attached hydrogens (primary N) is 1. The van der Waals surface area contributed by atoms with Crippen molar-refractivity contribution in [3.05, 3.63) is 29.8 Å². The first-order chi connectivity index (χ1) is 9.81. The van der Waals surface area contributed by atoms with E-state index in [2.05, 4.69) is 28.0 Å². The van der Waals surface area contributed by atoms with Crippen molar-refractivity contribution in [3.63, 3.8) is 0 Å². The number of benzene rings is 1. The normalized spacial score (nSPS) is 24.5. The van der Waals surface area contributed by atoms with Crippen LogP contribution in [0.2, 0.25) is 0 Å². The van der Waals surface area contributed by atoms with Gasteiger partial charge in [0.1, 0.15) is 0 Å². The van der Waals surface area contributed by atoms with E-state index in [1.807, 2.05) is 6.07 Å². The third-order valence-electron chi connectivity index (χ3n) is 4.80. The average molecular weight is 273 g/mol. The maximum atomic E-state index is 5.82. The van der Waals surface area contributed by atoms with E-state index >= 15 is 0 Å². The molecule has 20 heavy (non-hydrogen) atoms. The summed E-state index contributed by atoms with van der Waals surface area (Å²) in [6.45, 7) is 6.48. The molecule has 1 aromatic rings. The zero-order valence-electron chi connectivity index (χ0n) is 12.4. The fraction of sp³-hybridized carbons (Fsp3) is 0.647. The second-order valence-electron chi connectivity index (χ2n) is 6.33. The molecule has 0 aromatic heterocycles. The highest BCUT2D eigenvalue weighted by Crippen LogP contribution is 2.20. The Morgan fingerprint density at radius 1 is 1.15 bits per heavy atom. The second-order valence-corrected chi connectivity index (χ2v) is 6.33. The highest BCUT2D eigenvalue weighted by Gasteiger charge is 2.28. The van der Waals surface area contributed by atoms with Crippen LogP contribution in [0, 0.1) is 0 Å². The van der Waals surface area contributed by atoms with Gasteiger partial charge in [0.25, 0.3) is 0 Å². The molecule has 0 bridgehead atoms. The van der Waals surface area contributed by atoms with Crippen molar-refractivity contribution in [2.75, 3.05) is 38.5 Å². The number of likely N-dealkylation sites (tertiary alicyclic amines) is 2. The van der Waals surface area contributed by atoms with Gasteiger partial charge in [-0.2, -0.15) is 0 Å². The summed E-state index contributed by atoms with van der Waals surface area (Å²) in [5.41, 5.74) is 8.09. The van der Waals surface area contributed by atoms with Gasteiger partial charge >= 0.3 is 0 Å². The molecule has 1 aromatic carbocycles. The molecule has 2 fully saturated rings. The van der Waals surface area contributed by atoms with Crippen LogP contribution in [0.25, 0.3) is 0 Å². The van der Waals surface area contributed by atoms with Crippen LogP contribution < -0.4 is 5.73 Å². The quantitative estimate of drug-likeness (QED) is 0.836. The van der Waals surface area contributed by atoms with E-state index in [1.165, 1.54) is 64.0 Å². The Kier molecular flexibility index (Phi) is 4.58. The molecule has 3 rings (SSSR count). The molecule has 0 spiro atoms. The Bertz CT molecular complexity index is 426. The lowest BCUT2D eigenvalue weighted by molar-refractivity contribution is 0.231. The van der Waals surface area contributed by atoms with Gasteiger partial charge in [0.2, 0.25) is 0 Å². The maximum Gasteiger partial charge on any atom is 0.0316 e. The first-order valence-electron chi connectivity index (χ1n) is 8.12. The molecule has 2 saturated heterocycles. The minimum absolute atomic E-state index is 0.838. The zero-order valence-corrected chi connectivity index (χ0v) is 12.4. The molecular formula is C17H27N3. The van der Waals surface area contributed by atoms with Crippen LogP contribution in [0.15, 0.2) is 24.3 Å². The summed E-state index contributed by atoms with van der Waals surface area (Å²) >= 11 is 0. The number of hydrogen-bond donors (Lipinski definition) is 1. The molecule has 1 unspecified atom stereocenters. The lowest BCUT2D eigenvalue weighted by atomic mass is 10.1. The summed E-state index contributed by atoms with van der Waals surface area (Å²) in [7, 11) is 0. The van der Waals surface area contributed by atoms with Crippen LogP contribution in [-0.4, -0.2) is 48.6 Å². The number of nitrogens with zero attached hydrogens (tertiary/aromatic N) is 2. The van der Waals surface area contributed by atoms with E-state index in [-0.39, 0.29) is 0 Å². The molecule has 0 aliphatic carbocycles. The minimum atomic E-state index is 0.838. The summed E-state index contributed by atoms with van der Waals surface area (Å²) in [5.74, 6) is 0. The van der Waals surface area contributed by atoms with Gasteiger partial charge in [-0.3, -0.25) is 4.90 Å². The molecule has 0 radical (unpaired) electrons. The molecule has 2 aliphatic rings. The Morgan fingerprint density at radius 3 is 2.80 bits per heavy atom. The summed E-state index contributed by atoms with van der Waals surface area (Å²) in [4.78, 5) is 5.35. The van der Waals surface area contributed by atoms with Gasteiger partial charge in [-0.25, -0.2) is 0 Å². The summed E-state index contributed by atoms with van der Waals surface area (Å²) in [5, 5.41) is 0. The van der Waals surface area contributed by atoms with Gasteiger partial charge in [-0.05, 0) is 76.0 Å². The smallest absolute Gasteiger partial charge is 0.0316 e. The van der Waals surface area contributed by atoms with Crippen molar-refractivity contribution < 1.29 is 0 Å². The van der Waals surface area contributed by atoms with Crippen LogP contribution in [0.4, 0.5) is 5.69 Å². The molecule has 0 saturated carbocycles. The van der Waals surface area contributed by atoms with E-state index in [0.29, 0.717) is 0 Å². The van der Waals surface area contributed by atoms with Gasteiger partial charge in [0, 0.05) is 18.3 Å². The minimum Gasteiger partial charge on any atom is -0.399 e. The summed E-state index contributed by atoms with van der Waals surface area (Å²) < 4.78 is 0. The molecule has 2 aliphatic heterocycles. The van der Waals surface area contributed by atoms with E-state index in [1.54, 1.807) is 0 Å². The fourth-order valence-electron chi connectivity index (χ4n) is 3.68. The Hall–Kier alpha value is -1.06. The molecule has 3 heteroatoms. The highest BCUT2D eigenvalue weighted by atomic mass is 15.3. The second kappa shape index (κ2) is 6.59. The number of hydrogen-bond acceptors (Lipinski definition) is 3. The summed E-state index contributed by atoms with van der Waals surface area (Å²) in [6, 6.07) is 9.16. The van der Waals surface area contributed by atoms with Gasteiger partial charge < -0.3 is 10.6 Å². The van der Waals surface area contributed by atoms with Crippen LogP contribution in [0.1, 0.15) is 31.2 Å². The third kappa shape index (κ3) is 3.53. The third-order valence-corrected chi connectivity index (χ3v) is 4.80. The van der Waals surface area contributed by atoms with Gasteiger partial charge in [0.05, 0.1) is 0 Å². The first-order valence-corrected chi connectivity index (χ1v) is 8.12. The molecule has 110 valence electrons. The lowest BCUT2D eigenvalue weighted by Gasteiger charge is -2.23. The Balaban J connectivity index is 1.39.